The summed E-state index contributed by atoms with van der Waals surface area (Å²) >= 11 is 0. The molecule has 106 valence electrons. The average Bonchev–Trinajstić information content (AvgIpc) is 2.52. The third-order valence-corrected chi connectivity index (χ3v) is 2.84. The number of hydrogen-bond acceptors (Lipinski definition) is 4. The summed E-state index contributed by atoms with van der Waals surface area (Å²) in [6.45, 7) is 0. The van der Waals surface area contributed by atoms with Gasteiger partial charge in [0.05, 0.1) is 0 Å². The van der Waals surface area contributed by atoms with E-state index in [1.165, 1.54) is 12.2 Å². The fourth-order valence-electron chi connectivity index (χ4n) is 1.75. The van der Waals surface area contributed by atoms with Gasteiger partial charge < -0.3 is 9.94 Å². The zero-order valence-electron chi connectivity index (χ0n) is 11.3. The lowest BCUT2D eigenvalue weighted by Crippen LogP contribution is -2.02. The van der Waals surface area contributed by atoms with Crippen LogP contribution in [0.4, 0.5) is 0 Å². The molecule has 0 aliphatic carbocycles. The van der Waals surface area contributed by atoms with Crippen LogP contribution >= 0.6 is 0 Å². The van der Waals surface area contributed by atoms with E-state index in [0.29, 0.717) is 16.9 Å². The molecule has 0 bridgehead atoms. The molecule has 2 rings (SSSR count). The molecule has 0 saturated carbocycles. The van der Waals surface area contributed by atoms with Crippen LogP contribution in [0, 0.1) is 0 Å². The summed E-state index contributed by atoms with van der Waals surface area (Å²) in [5.41, 5.74) is 1.30. The molecule has 2 aromatic rings. The SMILES string of the molecule is NOc1ccccc1/C=C/C(=O)/C=C/c1ccccc1O. The summed E-state index contributed by atoms with van der Waals surface area (Å²) < 4.78 is 0. The third-order valence-electron chi connectivity index (χ3n) is 2.84. The second-order valence-electron chi connectivity index (χ2n) is 4.28. The number of allylic oxidation sites excluding steroid dienone is 2. The Balaban J connectivity index is 2.08. The second-order valence-corrected chi connectivity index (χ2v) is 4.28. The van der Waals surface area contributed by atoms with Gasteiger partial charge in [-0.15, -0.1) is 0 Å². The molecule has 3 N–H and O–H groups in total. The monoisotopic (exact) mass is 281 g/mol. The number of carbonyl (C=O) groups excluding carboxylic acids is 1. The van der Waals surface area contributed by atoms with Crippen molar-refractivity contribution in [1.29, 1.82) is 0 Å². The van der Waals surface area contributed by atoms with Gasteiger partial charge in [-0.2, -0.15) is 5.90 Å². The van der Waals surface area contributed by atoms with Crippen LogP contribution in [0.3, 0.4) is 0 Å². The summed E-state index contributed by atoms with van der Waals surface area (Å²) in [6, 6.07) is 13.9. The van der Waals surface area contributed by atoms with Crippen molar-refractivity contribution in [2.45, 2.75) is 0 Å². The van der Waals surface area contributed by atoms with Crippen molar-refractivity contribution in [2.75, 3.05) is 0 Å². The van der Waals surface area contributed by atoms with Gasteiger partial charge in [-0.25, -0.2) is 0 Å². The van der Waals surface area contributed by atoms with E-state index in [1.807, 2.05) is 6.07 Å². The Morgan fingerprint density at radius 3 is 2.19 bits per heavy atom. The Kier molecular flexibility index (Phi) is 4.90. The highest BCUT2D eigenvalue weighted by molar-refractivity contribution is 6.04. The third kappa shape index (κ3) is 4.06. The van der Waals surface area contributed by atoms with Crippen molar-refractivity contribution in [1.82, 2.24) is 0 Å². The van der Waals surface area contributed by atoms with E-state index in [0.717, 1.165) is 0 Å². The van der Waals surface area contributed by atoms with Crippen LogP contribution in [-0.2, 0) is 4.79 Å². The van der Waals surface area contributed by atoms with Gasteiger partial charge in [-0.3, -0.25) is 4.79 Å². The molecule has 0 amide bonds. The molecule has 0 aromatic heterocycles. The molecule has 0 aliphatic heterocycles. The summed E-state index contributed by atoms with van der Waals surface area (Å²) in [5.74, 6) is 5.57. The maximum absolute atomic E-state index is 11.8. The molecule has 0 radical (unpaired) electrons. The molecular weight excluding hydrogens is 266 g/mol. The number of hydrogen-bond donors (Lipinski definition) is 2. The number of aromatic hydroxyl groups is 1. The van der Waals surface area contributed by atoms with Gasteiger partial charge in [0.2, 0.25) is 0 Å². The van der Waals surface area contributed by atoms with Crippen LogP contribution in [0.25, 0.3) is 12.2 Å². The van der Waals surface area contributed by atoms with Crippen molar-refractivity contribution in [3.63, 3.8) is 0 Å². The van der Waals surface area contributed by atoms with E-state index in [-0.39, 0.29) is 11.5 Å². The molecule has 0 heterocycles. The quantitative estimate of drug-likeness (QED) is 0.653. The van der Waals surface area contributed by atoms with Crippen molar-refractivity contribution < 1.29 is 14.7 Å². The Bertz CT molecular complexity index is 690. The maximum Gasteiger partial charge on any atom is 0.178 e. The molecule has 0 atom stereocenters. The molecule has 0 saturated heterocycles. The maximum atomic E-state index is 11.8. The van der Waals surface area contributed by atoms with E-state index in [1.54, 1.807) is 54.6 Å². The topological polar surface area (TPSA) is 72.5 Å². The molecule has 21 heavy (non-hydrogen) atoms. The number of para-hydroxylation sites is 2. The predicted octanol–water partition coefficient (Wildman–Crippen LogP) is 2.94. The van der Waals surface area contributed by atoms with Crippen LogP contribution in [0.5, 0.6) is 11.5 Å². The van der Waals surface area contributed by atoms with Crippen molar-refractivity contribution in [3.8, 4) is 11.5 Å². The normalized spacial score (nSPS) is 11.1. The molecule has 0 fully saturated rings. The Hall–Kier alpha value is -2.85. The fraction of sp³-hybridized carbons (Fsp3) is 0. The number of carbonyl (C=O) groups is 1. The van der Waals surface area contributed by atoms with Crippen molar-refractivity contribution >= 4 is 17.9 Å². The molecule has 2 aromatic carbocycles. The number of nitrogens with two attached hydrogens (primary N) is 1. The lowest BCUT2D eigenvalue weighted by Gasteiger charge is -2.01. The van der Waals surface area contributed by atoms with Crippen LogP contribution in [0.15, 0.2) is 60.7 Å². The largest absolute Gasteiger partial charge is 0.507 e. The predicted molar refractivity (Wildman–Crippen MR) is 82.4 cm³/mol. The van der Waals surface area contributed by atoms with E-state index in [2.05, 4.69) is 0 Å². The van der Waals surface area contributed by atoms with Gasteiger partial charge in [0.1, 0.15) is 5.75 Å². The molecular formula is C17H15NO3. The average molecular weight is 281 g/mol. The molecule has 0 aliphatic rings. The summed E-state index contributed by atoms with van der Waals surface area (Å²) in [7, 11) is 0. The minimum Gasteiger partial charge on any atom is -0.507 e. The first-order valence-corrected chi connectivity index (χ1v) is 6.34. The molecule has 0 spiro atoms. The first-order valence-electron chi connectivity index (χ1n) is 6.34. The minimum atomic E-state index is -0.204. The zero-order valence-corrected chi connectivity index (χ0v) is 11.3. The fourth-order valence-corrected chi connectivity index (χ4v) is 1.75. The first-order chi connectivity index (χ1) is 10.2. The van der Waals surface area contributed by atoms with Gasteiger partial charge >= 0.3 is 0 Å². The van der Waals surface area contributed by atoms with Crippen molar-refractivity contribution in [3.05, 3.63) is 71.8 Å². The first kappa shape index (κ1) is 14.6. The number of benzene rings is 2. The Morgan fingerprint density at radius 2 is 1.52 bits per heavy atom. The number of phenolic OH excluding ortho intramolecular Hbond substituents is 1. The summed E-state index contributed by atoms with van der Waals surface area (Å²) in [6.07, 6.45) is 5.98. The highest BCUT2D eigenvalue weighted by Crippen LogP contribution is 2.19. The number of rotatable bonds is 5. The second kappa shape index (κ2) is 7.07. The van der Waals surface area contributed by atoms with Crippen LogP contribution in [0.1, 0.15) is 11.1 Å². The lowest BCUT2D eigenvalue weighted by atomic mass is 10.1. The summed E-state index contributed by atoms with van der Waals surface area (Å²) in [5, 5.41) is 9.59. The van der Waals surface area contributed by atoms with Gasteiger partial charge in [-0.1, -0.05) is 36.4 Å². The summed E-state index contributed by atoms with van der Waals surface area (Å²) in [4.78, 5) is 16.5. The van der Waals surface area contributed by atoms with E-state index < -0.39 is 0 Å². The minimum absolute atomic E-state index is 0.132. The molecule has 4 heteroatoms. The standard InChI is InChI=1S/C17H15NO3/c18-21-17-8-4-2-6-14(17)10-12-15(19)11-9-13-5-1-3-7-16(13)20/h1-12,20H,18H2/b11-9+,12-10+. The van der Waals surface area contributed by atoms with E-state index >= 15 is 0 Å². The highest BCUT2D eigenvalue weighted by atomic mass is 16.6. The molecule has 0 unspecified atom stereocenters. The van der Waals surface area contributed by atoms with E-state index in [9.17, 15) is 9.90 Å². The van der Waals surface area contributed by atoms with Gasteiger partial charge in [-0.05, 0) is 36.4 Å². The van der Waals surface area contributed by atoms with Crippen LogP contribution in [-0.4, -0.2) is 10.9 Å². The molecule has 4 nitrogen and oxygen atoms in total. The zero-order chi connectivity index (χ0) is 15.1. The van der Waals surface area contributed by atoms with Crippen LogP contribution < -0.4 is 10.7 Å². The van der Waals surface area contributed by atoms with Crippen molar-refractivity contribution in [2.24, 2.45) is 5.90 Å². The number of ketones is 1. The van der Waals surface area contributed by atoms with Crippen LogP contribution in [0.2, 0.25) is 0 Å². The Morgan fingerprint density at radius 1 is 0.952 bits per heavy atom. The lowest BCUT2D eigenvalue weighted by molar-refractivity contribution is -0.110. The van der Waals surface area contributed by atoms with E-state index in [4.69, 9.17) is 10.7 Å². The smallest absolute Gasteiger partial charge is 0.178 e. The Labute approximate surface area is 122 Å². The van der Waals surface area contributed by atoms with Gasteiger partial charge in [0.25, 0.3) is 0 Å². The van der Waals surface area contributed by atoms with Gasteiger partial charge in [0, 0.05) is 11.1 Å². The van der Waals surface area contributed by atoms with Gasteiger partial charge in [0.15, 0.2) is 11.5 Å². The highest BCUT2D eigenvalue weighted by Gasteiger charge is 1.99. The number of phenols is 1.